The van der Waals surface area contributed by atoms with Gasteiger partial charge in [-0.1, -0.05) is 29.3 Å². The summed E-state index contributed by atoms with van der Waals surface area (Å²) in [7, 11) is 0. The minimum absolute atomic E-state index is 0.118. The fraction of sp³-hybridized carbons (Fsp3) is 0.364. The van der Waals surface area contributed by atoms with Crippen LogP contribution < -0.4 is 0 Å². The first-order chi connectivity index (χ1) is 14.4. The number of ketones is 1. The van der Waals surface area contributed by atoms with Crippen molar-refractivity contribution in [2.45, 2.75) is 45.7 Å². The lowest BCUT2D eigenvalue weighted by molar-refractivity contribution is 0.0988. The lowest BCUT2D eigenvalue weighted by Crippen LogP contribution is -2.25. The molecule has 8 heteroatoms. The van der Waals surface area contributed by atoms with Gasteiger partial charge in [-0.15, -0.1) is 11.3 Å². The Balaban J connectivity index is 1.65. The fourth-order valence-corrected chi connectivity index (χ4v) is 5.03. The molecule has 1 aliphatic rings. The predicted octanol–water partition coefficient (Wildman–Crippen LogP) is 5.63. The van der Waals surface area contributed by atoms with Crippen LogP contribution in [0.3, 0.4) is 0 Å². The van der Waals surface area contributed by atoms with E-state index in [1.807, 2.05) is 19.1 Å². The largest absolute Gasteiger partial charge is 0.296 e. The van der Waals surface area contributed by atoms with E-state index in [1.54, 1.807) is 11.3 Å². The molecule has 0 unspecified atom stereocenters. The number of thiazole rings is 1. The number of aromatic nitrogens is 3. The number of Topliss-reactive ketones (excluding diaryl/α,β-unsaturated/α-hetero) is 1. The molecule has 156 valence electrons. The Labute approximate surface area is 190 Å². The van der Waals surface area contributed by atoms with Gasteiger partial charge in [0.15, 0.2) is 5.78 Å². The number of carbonyl (C=O) groups is 1. The summed E-state index contributed by atoms with van der Waals surface area (Å²) in [4.78, 5) is 29.2. The smallest absolute Gasteiger partial charge is 0.189 e. The van der Waals surface area contributed by atoms with Crippen molar-refractivity contribution in [1.82, 2.24) is 19.9 Å². The van der Waals surface area contributed by atoms with Crippen molar-refractivity contribution in [3.63, 3.8) is 0 Å². The number of likely N-dealkylation sites (tertiary alicyclic amines) is 1. The molecule has 3 aromatic rings. The van der Waals surface area contributed by atoms with Crippen LogP contribution in [-0.2, 0) is 13.0 Å². The number of nitrogens with zero attached hydrogens (tertiary/aromatic N) is 4. The minimum atomic E-state index is -0.118. The zero-order valence-electron chi connectivity index (χ0n) is 16.9. The molecule has 1 saturated heterocycles. The van der Waals surface area contributed by atoms with E-state index >= 15 is 0 Å². The predicted molar refractivity (Wildman–Crippen MR) is 121 cm³/mol. The Morgan fingerprint density at radius 2 is 2.10 bits per heavy atom. The third-order valence-electron chi connectivity index (χ3n) is 5.43. The zero-order chi connectivity index (χ0) is 21.3. The summed E-state index contributed by atoms with van der Waals surface area (Å²) >= 11 is 13.6. The van der Waals surface area contributed by atoms with E-state index in [0.717, 1.165) is 39.9 Å². The van der Waals surface area contributed by atoms with Crippen molar-refractivity contribution in [3.05, 3.63) is 61.9 Å². The Kier molecular flexibility index (Phi) is 6.48. The van der Waals surface area contributed by atoms with Gasteiger partial charge in [0.05, 0.1) is 24.5 Å². The molecular weight excluding hydrogens is 439 g/mol. The van der Waals surface area contributed by atoms with Gasteiger partial charge < -0.3 is 0 Å². The van der Waals surface area contributed by atoms with E-state index in [4.69, 9.17) is 28.2 Å². The number of aryl methyl sites for hydroxylation is 1. The van der Waals surface area contributed by atoms with E-state index < -0.39 is 0 Å². The molecule has 0 N–H and O–H groups in total. The summed E-state index contributed by atoms with van der Waals surface area (Å²) in [5.41, 5.74) is 3.27. The molecule has 0 spiro atoms. The Morgan fingerprint density at radius 1 is 1.27 bits per heavy atom. The van der Waals surface area contributed by atoms with E-state index in [-0.39, 0.29) is 17.4 Å². The normalized spacial score (nSPS) is 16.9. The maximum absolute atomic E-state index is 12.7. The number of rotatable bonds is 6. The monoisotopic (exact) mass is 460 g/mol. The van der Waals surface area contributed by atoms with E-state index in [2.05, 4.69) is 27.9 Å². The van der Waals surface area contributed by atoms with Gasteiger partial charge in [0, 0.05) is 28.0 Å². The van der Waals surface area contributed by atoms with Gasteiger partial charge >= 0.3 is 0 Å². The van der Waals surface area contributed by atoms with Gasteiger partial charge in [-0.25, -0.2) is 15.0 Å². The van der Waals surface area contributed by atoms with Gasteiger partial charge in [-0.3, -0.25) is 9.69 Å². The molecule has 1 aliphatic heterocycles. The molecule has 0 bridgehead atoms. The SMILES string of the molecule is Cc1cc(-c2nc(CC(=O)c3cnc(Cl)cn3)sc2CN2CCC[C@H]2C)ccc1Cl. The average Bonchev–Trinajstić information content (AvgIpc) is 3.31. The molecule has 30 heavy (non-hydrogen) atoms. The molecule has 4 rings (SSSR count). The molecule has 2 aromatic heterocycles. The van der Waals surface area contributed by atoms with E-state index in [9.17, 15) is 4.79 Å². The average molecular weight is 461 g/mol. The second-order valence-corrected chi connectivity index (χ2v) is 9.59. The molecule has 0 amide bonds. The van der Waals surface area contributed by atoms with E-state index in [1.165, 1.54) is 30.1 Å². The molecule has 5 nitrogen and oxygen atoms in total. The molecule has 1 fully saturated rings. The van der Waals surface area contributed by atoms with Crippen LogP contribution in [0.25, 0.3) is 11.3 Å². The maximum atomic E-state index is 12.7. The summed E-state index contributed by atoms with van der Waals surface area (Å²) in [6.45, 7) is 6.19. The first kappa shape index (κ1) is 21.4. The fourth-order valence-electron chi connectivity index (χ4n) is 3.70. The lowest BCUT2D eigenvalue weighted by atomic mass is 10.1. The lowest BCUT2D eigenvalue weighted by Gasteiger charge is -2.20. The summed E-state index contributed by atoms with van der Waals surface area (Å²) < 4.78 is 0. The van der Waals surface area contributed by atoms with Gasteiger partial charge in [-0.2, -0.15) is 0 Å². The zero-order valence-corrected chi connectivity index (χ0v) is 19.2. The second-order valence-electron chi connectivity index (χ2n) is 7.63. The standard InChI is InChI=1S/C22H22Cl2N4OS/c1-13-8-15(5-6-16(13)23)22-19(12-28-7-3-4-14(28)2)30-21(27-22)9-18(29)17-10-26-20(24)11-25-17/h5-6,8,10-11,14H,3-4,7,9,12H2,1-2H3/t14-/m1/s1. The quantitative estimate of drug-likeness (QED) is 0.446. The summed E-state index contributed by atoms with van der Waals surface area (Å²) in [6, 6.07) is 6.52. The van der Waals surface area contributed by atoms with Crippen LogP contribution in [0.4, 0.5) is 0 Å². The van der Waals surface area contributed by atoms with Crippen molar-refractivity contribution in [1.29, 1.82) is 0 Å². The van der Waals surface area contributed by atoms with Gasteiger partial charge in [0.2, 0.25) is 0 Å². The van der Waals surface area contributed by atoms with Gasteiger partial charge in [0.1, 0.15) is 15.9 Å². The van der Waals surface area contributed by atoms with Crippen LogP contribution >= 0.6 is 34.5 Å². The number of benzene rings is 1. The highest BCUT2D eigenvalue weighted by Gasteiger charge is 2.24. The maximum Gasteiger partial charge on any atom is 0.189 e. The third-order valence-corrected chi connectivity index (χ3v) is 7.09. The first-order valence-corrected chi connectivity index (χ1v) is 11.5. The topological polar surface area (TPSA) is 59.0 Å². The van der Waals surface area contributed by atoms with Crippen LogP contribution in [0.1, 0.15) is 45.7 Å². The number of hydrogen-bond acceptors (Lipinski definition) is 6. The van der Waals surface area contributed by atoms with Crippen LogP contribution in [0.2, 0.25) is 10.2 Å². The molecule has 1 atom stereocenters. The third kappa shape index (κ3) is 4.72. The number of halogens is 2. The van der Waals surface area contributed by atoms with Crippen LogP contribution in [0.15, 0.2) is 30.6 Å². The van der Waals surface area contributed by atoms with Crippen molar-refractivity contribution >= 4 is 40.3 Å². The van der Waals surface area contributed by atoms with Crippen LogP contribution in [-0.4, -0.2) is 38.2 Å². The Bertz CT molecular complexity index is 1070. The summed E-state index contributed by atoms with van der Waals surface area (Å²) in [5.74, 6) is -0.118. The molecule has 0 saturated carbocycles. The van der Waals surface area contributed by atoms with Crippen LogP contribution in [0, 0.1) is 6.92 Å². The van der Waals surface area contributed by atoms with Crippen LogP contribution in [0.5, 0.6) is 0 Å². The molecule has 1 aromatic carbocycles. The van der Waals surface area contributed by atoms with Crippen molar-refractivity contribution in [3.8, 4) is 11.3 Å². The molecule has 3 heterocycles. The highest BCUT2D eigenvalue weighted by molar-refractivity contribution is 7.12. The minimum Gasteiger partial charge on any atom is -0.296 e. The van der Waals surface area contributed by atoms with Gasteiger partial charge in [0.25, 0.3) is 0 Å². The van der Waals surface area contributed by atoms with E-state index in [0.29, 0.717) is 11.7 Å². The summed E-state index contributed by atoms with van der Waals surface area (Å²) in [6.07, 6.45) is 5.42. The molecular formula is C22H22Cl2N4OS. The Hall–Kier alpha value is -1.86. The van der Waals surface area contributed by atoms with Gasteiger partial charge in [-0.05, 0) is 50.9 Å². The van der Waals surface area contributed by atoms with Crippen molar-refractivity contribution in [2.24, 2.45) is 0 Å². The highest BCUT2D eigenvalue weighted by Crippen LogP contribution is 2.33. The molecule has 0 radical (unpaired) electrons. The van der Waals surface area contributed by atoms with Crippen molar-refractivity contribution < 1.29 is 4.79 Å². The highest BCUT2D eigenvalue weighted by atomic mass is 35.5. The number of carbonyl (C=O) groups excluding carboxylic acids is 1. The van der Waals surface area contributed by atoms with Crippen molar-refractivity contribution in [2.75, 3.05) is 6.54 Å². The Morgan fingerprint density at radius 3 is 2.77 bits per heavy atom. The summed E-state index contributed by atoms with van der Waals surface area (Å²) in [5, 5.41) is 1.78. The number of hydrogen-bond donors (Lipinski definition) is 0. The first-order valence-electron chi connectivity index (χ1n) is 9.90. The second kappa shape index (κ2) is 9.10. The molecule has 0 aliphatic carbocycles.